The Hall–Kier alpha value is -1.04. The minimum Gasteiger partial charge on any atom is -0.478 e. The van der Waals surface area contributed by atoms with E-state index in [1.807, 2.05) is 0 Å². The zero-order valence-corrected chi connectivity index (χ0v) is 10.1. The van der Waals surface area contributed by atoms with Gasteiger partial charge in [0.25, 0.3) is 0 Å². The summed E-state index contributed by atoms with van der Waals surface area (Å²) in [5, 5.41) is 18.7. The van der Waals surface area contributed by atoms with Crippen molar-refractivity contribution >= 4 is 17.7 Å². The van der Waals surface area contributed by atoms with Crippen LogP contribution in [0.25, 0.3) is 0 Å². The van der Waals surface area contributed by atoms with Crippen molar-refractivity contribution < 1.29 is 19.7 Å². The lowest BCUT2D eigenvalue weighted by atomic mass is 10.0. The van der Waals surface area contributed by atoms with Gasteiger partial charge in [0, 0.05) is 12.2 Å². The molecular formula is C12H14O4S. The molecule has 5 heteroatoms. The summed E-state index contributed by atoms with van der Waals surface area (Å²) in [5.74, 6) is -0.141. The van der Waals surface area contributed by atoms with E-state index in [4.69, 9.17) is 9.84 Å². The average Bonchev–Trinajstić information content (AvgIpc) is 2.39. The van der Waals surface area contributed by atoms with Crippen molar-refractivity contribution in [2.75, 3.05) is 19.0 Å². The molecule has 1 aromatic carbocycles. The van der Waals surface area contributed by atoms with Gasteiger partial charge in [-0.15, -0.1) is 11.8 Å². The number of benzene rings is 1. The lowest BCUT2D eigenvalue weighted by molar-refractivity contribution is -0.0228. The molecule has 0 spiro atoms. The second kappa shape index (κ2) is 5.08. The zero-order valence-electron chi connectivity index (χ0n) is 9.26. The average molecular weight is 254 g/mol. The summed E-state index contributed by atoms with van der Waals surface area (Å²) < 4.78 is 5.64. The normalized spacial score (nSPS) is 24.5. The van der Waals surface area contributed by atoms with Crippen LogP contribution in [0.2, 0.25) is 0 Å². The number of ether oxygens (including phenoxy) is 1. The van der Waals surface area contributed by atoms with Gasteiger partial charge in [0.1, 0.15) is 0 Å². The van der Waals surface area contributed by atoms with Crippen molar-refractivity contribution in [2.45, 2.75) is 11.4 Å². The van der Waals surface area contributed by atoms with E-state index >= 15 is 0 Å². The summed E-state index contributed by atoms with van der Waals surface area (Å²) >= 11 is 1.46. The van der Waals surface area contributed by atoms with Crippen LogP contribution in [0.5, 0.6) is 0 Å². The minimum absolute atomic E-state index is 0.191. The maximum absolute atomic E-state index is 11.2. The quantitative estimate of drug-likeness (QED) is 0.859. The number of carbonyl (C=O) groups is 1. The number of carboxylic acid groups (broad SMARTS) is 1. The molecule has 1 aromatic rings. The molecule has 1 fully saturated rings. The van der Waals surface area contributed by atoms with Gasteiger partial charge in [-0.2, -0.15) is 0 Å². The Labute approximate surface area is 104 Å². The molecule has 1 saturated heterocycles. The highest BCUT2D eigenvalue weighted by Crippen LogP contribution is 2.42. The van der Waals surface area contributed by atoms with E-state index in [0.29, 0.717) is 12.2 Å². The maximum Gasteiger partial charge on any atom is 0.336 e. The molecule has 0 aromatic heterocycles. The van der Waals surface area contributed by atoms with Gasteiger partial charge in [-0.3, -0.25) is 0 Å². The number of hydrogen-bond donors (Lipinski definition) is 2. The molecule has 1 aliphatic heterocycles. The van der Waals surface area contributed by atoms with Crippen LogP contribution in [0.15, 0.2) is 24.3 Å². The molecule has 0 saturated carbocycles. The summed E-state index contributed by atoms with van der Waals surface area (Å²) in [6.07, 6.45) is 0.918. The molecule has 92 valence electrons. The fourth-order valence-corrected chi connectivity index (χ4v) is 3.09. The van der Waals surface area contributed by atoms with Gasteiger partial charge in [0.15, 0.2) is 4.93 Å². The first-order valence-electron chi connectivity index (χ1n) is 5.41. The Kier molecular flexibility index (Phi) is 3.71. The first-order valence-corrected chi connectivity index (χ1v) is 6.40. The highest BCUT2D eigenvalue weighted by Gasteiger charge is 2.38. The number of rotatable bonds is 3. The predicted octanol–water partition coefficient (Wildman–Crippen LogP) is 1.68. The molecule has 17 heavy (non-hydrogen) atoms. The predicted molar refractivity (Wildman–Crippen MR) is 65.2 cm³/mol. The van der Waals surface area contributed by atoms with Crippen molar-refractivity contribution in [3.05, 3.63) is 35.4 Å². The van der Waals surface area contributed by atoms with E-state index in [-0.39, 0.29) is 12.2 Å². The van der Waals surface area contributed by atoms with Crippen LogP contribution in [0.3, 0.4) is 0 Å². The number of hydrogen-bond acceptors (Lipinski definition) is 4. The van der Waals surface area contributed by atoms with E-state index in [0.717, 1.165) is 12.2 Å². The maximum atomic E-state index is 11.2. The third-order valence-corrected chi connectivity index (χ3v) is 4.16. The largest absolute Gasteiger partial charge is 0.478 e. The Morgan fingerprint density at radius 2 is 2.24 bits per heavy atom. The van der Waals surface area contributed by atoms with Crippen LogP contribution in [0.1, 0.15) is 22.3 Å². The van der Waals surface area contributed by atoms with E-state index in [1.54, 1.807) is 18.2 Å². The van der Waals surface area contributed by atoms with E-state index in [1.165, 1.54) is 17.8 Å². The van der Waals surface area contributed by atoms with Gasteiger partial charge in [0.05, 0.1) is 12.2 Å². The minimum atomic E-state index is -0.997. The molecule has 0 aliphatic carbocycles. The van der Waals surface area contributed by atoms with E-state index in [9.17, 15) is 9.90 Å². The first kappa shape index (κ1) is 12.4. The van der Waals surface area contributed by atoms with E-state index < -0.39 is 10.9 Å². The second-order valence-corrected chi connectivity index (χ2v) is 5.17. The SMILES string of the molecule is O=C(O)c1ccccc1C1(CO)OCCCS1. The topological polar surface area (TPSA) is 66.8 Å². The van der Waals surface area contributed by atoms with Gasteiger partial charge >= 0.3 is 5.97 Å². The summed E-state index contributed by atoms with van der Waals surface area (Å²) in [6, 6.07) is 6.68. The zero-order chi connectivity index (χ0) is 12.3. The van der Waals surface area contributed by atoms with Crippen LogP contribution in [0.4, 0.5) is 0 Å². The molecule has 0 amide bonds. The summed E-state index contributed by atoms with van der Waals surface area (Å²) in [4.78, 5) is 10.3. The highest BCUT2D eigenvalue weighted by molar-refractivity contribution is 8.00. The summed E-state index contributed by atoms with van der Waals surface area (Å²) in [5.41, 5.74) is 0.732. The first-order chi connectivity index (χ1) is 8.19. The monoisotopic (exact) mass is 254 g/mol. The smallest absolute Gasteiger partial charge is 0.336 e. The van der Waals surface area contributed by atoms with Gasteiger partial charge < -0.3 is 14.9 Å². The third-order valence-electron chi connectivity index (χ3n) is 2.74. The molecule has 1 unspecified atom stereocenters. The van der Waals surface area contributed by atoms with Gasteiger partial charge in [-0.1, -0.05) is 18.2 Å². The van der Waals surface area contributed by atoms with Crippen molar-refractivity contribution in [3.63, 3.8) is 0 Å². The third kappa shape index (κ3) is 2.31. The number of aromatic carboxylic acids is 1. The summed E-state index contributed by atoms with van der Waals surface area (Å²) in [6.45, 7) is 0.323. The van der Waals surface area contributed by atoms with Gasteiger partial charge in [-0.25, -0.2) is 4.79 Å². The van der Waals surface area contributed by atoms with Crippen molar-refractivity contribution in [2.24, 2.45) is 0 Å². The second-order valence-electron chi connectivity index (χ2n) is 3.81. The molecule has 2 rings (SSSR count). The van der Waals surface area contributed by atoms with Crippen molar-refractivity contribution in [1.29, 1.82) is 0 Å². The number of aliphatic hydroxyl groups excluding tert-OH is 1. The number of carboxylic acids is 1. The Balaban J connectivity index is 2.46. The summed E-state index contributed by atoms with van der Waals surface area (Å²) in [7, 11) is 0. The Morgan fingerprint density at radius 3 is 2.82 bits per heavy atom. The lowest BCUT2D eigenvalue weighted by Gasteiger charge is -2.36. The van der Waals surface area contributed by atoms with Crippen LogP contribution in [-0.4, -0.2) is 35.1 Å². The van der Waals surface area contributed by atoms with Gasteiger partial charge in [0.2, 0.25) is 0 Å². The fraction of sp³-hybridized carbons (Fsp3) is 0.417. The van der Waals surface area contributed by atoms with Crippen LogP contribution < -0.4 is 0 Å². The Morgan fingerprint density at radius 1 is 1.47 bits per heavy atom. The molecule has 0 bridgehead atoms. The van der Waals surface area contributed by atoms with Crippen LogP contribution in [0, 0.1) is 0 Å². The molecule has 4 nitrogen and oxygen atoms in total. The van der Waals surface area contributed by atoms with Crippen molar-refractivity contribution in [1.82, 2.24) is 0 Å². The molecule has 1 aliphatic rings. The van der Waals surface area contributed by atoms with Crippen LogP contribution >= 0.6 is 11.8 Å². The van der Waals surface area contributed by atoms with E-state index in [2.05, 4.69) is 0 Å². The standard InChI is InChI=1S/C12H14O4S/c13-8-12(16-6-3-7-17-12)10-5-2-1-4-9(10)11(14)15/h1-2,4-5,13H,3,6-8H2,(H,14,15). The Bertz CT molecular complexity index is 413. The number of thioether (sulfide) groups is 1. The molecule has 1 heterocycles. The molecular weight excluding hydrogens is 240 g/mol. The molecule has 0 radical (unpaired) electrons. The fourth-order valence-electron chi connectivity index (χ4n) is 1.91. The highest BCUT2D eigenvalue weighted by atomic mass is 32.2. The molecule has 1 atom stereocenters. The van der Waals surface area contributed by atoms with Crippen molar-refractivity contribution in [3.8, 4) is 0 Å². The van der Waals surface area contributed by atoms with Crippen LogP contribution in [-0.2, 0) is 9.67 Å². The van der Waals surface area contributed by atoms with Gasteiger partial charge in [-0.05, 0) is 18.2 Å². The number of aliphatic hydroxyl groups is 1. The lowest BCUT2D eigenvalue weighted by Crippen LogP contribution is -2.36. The molecule has 2 N–H and O–H groups in total.